The number of nitrogens with zero attached hydrogens (tertiary/aromatic N) is 6. The number of anilines is 3. The number of hydrogen-bond acceptors (Lipinski definition) is 11. The first-order valence-corrected chi connectivity index (χ1v) is 24.3. The minimum absolute atomic E-state index is 0.0113. The summed E-state index contributed by atoms with van der Waals surface area (Å²) < 4.78 is 88.4. The number of aliphatic hydroxyl groups is 1. The molecule has 65 heavy (non-hydrogen) atoms. The van der Waals surface area contributed by atoms with Crippen molar-refractivity contribution in [1.29, 1.82) is 0 Å². The Kier molecular flexibility index (Phi) is 11.7. The first kappa shape index (κ1) is 45.3. The summed E-state index contributed by atoms with van der Waals surface area (Å²) in [4.78, 5) is 50.5. The number of fused-ring (bicyclic) bond motifs is 1. The number of halogens is 4. The van der Waals surface area contributed by atoms with Crippen LogP contribution in [0.15, 0.2) is 46.2 Å². The van der Waals surface area contributed by atoms with Crippen LogP contribution in [0.2, 0.25) is 0 Å². The summed E-state index contributed by atoms with van der Waals surface area (Å²) in [6.07, 6.45) is 2.65. The van der Waals surface area contributed by atoms with Gasteiger partial charge in [0.25, 0.3) is 0 Å². The van der Waals surface area contributed by atoms with Crippen LogP contribution in [0.1, 0.15) is 113 Å². The molecule has 1 atom stereocenters. The molecule has 3 aliphatic heterocycles. The van der Waals surface area contributed by atoms with Crippen LogP contribution in [-0.2, 0) is 32.7 Å². The molecule has 1 unspecified atom stereocenters. The zero-order chi connectivity index (χ0) is 46.2. The van der Waals surface area contributed by atoms with Crippen molar-refractivity contribution in [3.8, 4) is 0 Å². The van der Waals surface area contributed by atoms with E-state index in [4.69, 9.17) is 0 Å². The zero-order valence-electron chi connectivity index (χ0n) is 36.9. The number of carbonyl (C=O) groups is 2. The van der Waals surface area contributed by atoms with E-state index in [2.05, 4.69) is 25.5 Å². The van der Waals surface area contributed by atoms with E-state index in [1.807, 2.05) is 4.90 Å². The molecule has 14 nitrogen and oxygen atoms in total. The van der Waals surface area contributed by atoms with Gasteiger partial charge in [0.05, 0.1) is 38.2 Å². The first-order chi connectivity index (χ1) is 30.7. The SMILES string of the molecule is Cc1cc(S(=O)(=O)C2CC3(CCN(CC4CCN(c5ccc6c(c5F)n(C)c(=O)n6C5CCC(=O)NC5=O)CC4)CC3)C2)ccc1Nc1ncc(C(F)(F)F)c(C2CCC(C)(O)CC2)n1. The summed E-state index contributed by atoms with van der Waals surface area (Å²) in [5.41, 5.74) is -0.493. The molecular formula is C46H56F4N8O6S. The van der Waals surface area contributed by atoms with Gasteiger partial charge in [0.1, 0.15) is 11.6 Å². The van der Waals surface area contributed by atoms with Gasteiger partial charge in [0, 0.05) is 50.9 Å². The van der Waals surface area contributed by atoms with E-state index in [0.717, 1.165) is 51.5 Å². The number of imide groups is 1. The van der Waals surface area contributed by atoms with Crippen molar-refractivity contribution >= 4 is 50.0 Å². The minimum Gasteiger partial charge on any atom is -0.390 e. The maximum atomic E-state index is 16.2. The topological polar surface area (TPSA) is 172 Å². The van der Waals surface area contributed by atoms with Gasteiger partial charge >= 0.3 is 11.9 Å². The average Bonchev–Trinajstić information content (AvgIpc) is 3.50. The second-order valence-corrected chi connectivity index (χ2v) is 21.8. The predicted molar refractivity (Wildman–Crippen MR) is 235 cm³/mol. The van der Waals surface area contributed by atoms with Crippen molar-refractivity contribution in [3.63, 3.8) is 0 Å². The van der Waals surface area contributed by atoms with Gasteiger partial charge in [-0.15, -0.1) is 0 Å². The van der Waals surface area contributed by atoms with E-state index >= 15 is 4.39 Å². The molecule has 2 aromatic carbocycles. The summed E-state index contributed by atoms with van der Waals surface area (Å²) in [6.45, 7) is 7.41. The van der Waals surface area contributed by atoms with Crippen molar-refractivity contribution < 1.29 is 40.7 Å². The molecule has 9 rings (SSSR count). The van der Waals surface area contributed by atoms with Crippen LogP contribution in [0.5, 0.6) is 0 Å². The highest BCUT2D eigenvalue weighted by molar-refractivity contribution is 7.92. The molecule has 2 aliphatic carbocycles. The molecule has 3 saturated heterocycles. The fraction of sp³-hybridized carbons (Fsp3) is 0.587. The molecule has 2 amide bonds. The summed E-state index contributed by atoms with van der Waals surface area (Å²) in [5.74, 6) is -1.54. The number of piperidine rings is 3. The molecule has 4 aromatic rings. The molecule has 3 N–H and O–H groups in total. The largest absolute Gasteiger partial charge is 0.419 e. The van der Waals surface area contributed by atoms with E-state index in [-0.39, 0.29) is 40.3 Å². The Hall–Kier alpha value is -4.88. The molecule has 2 saturated carbocycles. The molecule has 0 bridgehead atoms. The van der Waals surface area contributed by atoms with E-state index in [1.165, 1.54) is 22.2 Å². The fourth-order valence-corrected chi connectivity index (χ4v) is 13.3. The fourth-order valence-electron chi connectivity index (χ4n) is 11.1. The maximum absolute atomic E-state index is 16.2. The maximum Gasteiger partial charge on any atom is 0.419 e. The van der Waals surface area contributed by atoms with E-state index in [9.17, 15) is 41.1 Å². The van der Waals surface area contributed by atoms with Gasteiger partial charge < -0.3 is 20.2 Å². The van der Waals surface area contributed by atoms with Crippen LogP contribution in [-0.4, -0.2) is 92.9 Å². The Labute approximate surface area is 374 Å². The molecule has 5 heterocycles. The van der Waals surface area contributed by atoms with Gasteiger partial charge in [-0.3, -0.25) is 24.0 Å². The molecule has 5 fully saturated rings. The summed E-state index contributed by atoms with van der Waals surface area (Å²) in [5, 5.41) is 15.2. The van der Waals surface area contributed by atoms with Crippen LogP contribution < -0.4 is 21.2 Å². The van der Waals surface area contributed by atoms with E-state index in [0.29, 0.717) is 80.0 Å². The van der Waals surface area contributed by atoms with E-state index < -0.39 is 67.7 Å². The molecule has 350 valence electrons. The molecular weight excluding hydrogens is 869 g/mol. The van der Waals surface area contributed by atoms with Crippen LogP contribution >= 0.6 is 0 Å². The lowest BCUT2D eigenvalue weighted by atomic mass is 9.63. The number of nitrogens with one attached hydrogen (secondary N) is 2. The van der Waals surface area contributed by atoms with Crippen LogP contribution in [0, 0.1) is 24.1 Å². The number of hydrogen-bond donors (Lipinski definition) is 3. The van der Waals surface area contributed by atoms with Crippen molar-refractivity contribution in [2.24, 2.45) is 18.4 Å². The summed E-state index contributed by atoms with van der Waals surface area (Å²) in [7, 11) is -2.14. The standard InChI is InChI=1S/C46H56F4N8O6S/c1-27-22-30(4-5-33(27)52-42-51-25-32(46(48,49)50)39(54-42)29-10-14-44(2,62)15-11-29)65(63,64)31-23-45(24-31)16-20-56(21-17-45)26-28-12-18-57(19-13-28)34-6-7-35-40(38(34)47)55(3)43(61)58(35)36-8-9-37(59)53-41(36)60/h4-7,22,25,28-29,31,36,62H,8-21,23-24,26H2,1-3H3,(H,51,52,54)(H,53,59,60). The lowest BCUT2D eigenvalue weighted by molar-refractivity contribution is -0.139. The normalized spacial score (nSPS) is 25.0. The Morgan fingerprint density at radius 1 is 0.954 bits per heavy atom. The average molecular weight is 925 g/mol. The Bertz CT molecular complexity index is 2680. The number of alkyl halides is 3. The number of rotatable bonds is 9. The number of sulfone groups is 1. The van der Waals surface area contributed by atoms with E-state index in [1.54, 1.807) is 38.1 Å². The third-order valence-corrected chi connectivity index (χ3v) is 17.3. The van der Waals surface area contributed by atoms with Crippen LogP contribution in [0.4, 0.5) is 34.9 Å². The van der Waals surface area contributed by atoms with Crippen molar-refractivity contribution in [3.05, 3.63) is 69.7 Å². The number of carbonyl (C=O) groups excluding carboxylic acids is 2. The minimum atomic E-state index is -4.63. The molecule has 19 heteroatoms. The second kappa shape index (κ2) is 16.8. The monoisotopic (exact) mass is 924 g/mol. The summed E-state index contributed by atoms with van der Waals surface area (Å²) >= 11 is 0. The lowest BCUT2D eigenvalue weighted by Gasteiger charge is -2.52. The third-order valence-electron chi connectivity index (χ3n) is 15.2. The van der Waals surface area contributed by atoms with Crippen molar-refractivity contribution in [2.45, 2.75) is 125 Å². The molecule has 2 aromatic heterocycles. The highest BCUT2D eigenvalue weighted by Gasteiger charge is 2.51. The van der Waals surface area contributed by atoms with Gasteiger partial charge in [-0.25, -0.2) is 27.6 Å². The number of aryl methyl sites for hydroxylation is 2. The molecule has 5 aliphatic rings. The van der Waals surface area contributed by atoms with Gasteiger partial charge in [0.15, 0.2) is 15.7 Å². The van der Waals surface area contributed by atoms with Crippen molar-refractivity contribution in [2.75, 3.05) is 42.9 Å². The highest BCUT2D eigenvalue weighted by Crippen LogP contribution is 2.53. The van der Waals surface area contributed by atoms with Crippen LogP contribution in [0.25, 0.3) is 11.0 Å². The number of likely N-dealkylation sites (tertiary alicyclic amines) is 1. The smallest absolute Gasteiger partial charge is 0.390 e. The first-order valence-electron chi connectivity index (χ1n) is 22.7. The van der Waals surface area contributed by atoms with Gasteiger partial charge in [-0.2, -0.15) is 13.2 Å². The van der Waals surface area contributed by atoms with Gasteiger partial charge in [0.2, 0.25) is 17.8 Å². The predicted octanol–water partition coefficient (Wildman–Crippen LogP) is 6.66. The Balaban J connectivity index is 0.770. The zero-order valence-corrected chi connectivity index (χ0v) is 37.7. The second-order valence-electron chi connectivity index (χ2n) is 19.6. The Morgan fingerprint density at radius 2 is 1.65 bits per heavy atom. The number of amides is 2. The number of aromatic nitrogens is 4. The summed E-state index contributed by atoms with van der Waals surface area (Å²) in [6, 6.07) is 7.21. The number of benzene rings is 2. The molecule has 0 radical (unpaired) electrons. The Morgan fingerprint density at radius 3 is 2.29 bits per heavy atom. The third kappa shape index (κ3) is 8.67. The van der Waals surface area contributed by atoms with Crippen molar-refractivity contribution in [1.82, 2.24) is 29.3 Å². The molecule has 1 spiro atoms. The van der Waals surface area contributed by atoms with Crippen LogP contribution in [0.3, 0.4) is 0 Å². The number of imidazole rings is 1. The van der Waals surface area contributed by atoms with Gasteiger partial charge in [-0.1, -0.05) is 0 Å². The highest BCUT2D eigenvalue weighted by atomic mass is 32.2. The quantitative estimate of drug-likeness (QED) is 0.121. The van der Waals surface area contributed by atoms with Gasteiger partial charge in [-0.05, 0) is 145 Å². The lowest BCUT2D eigenvalue weighted by Crippen LogP contribution is -2.52.